The van der Waals surface area contributed by atoms with Gasteiger partial charge in [0.2, 0.25) is 23.1 Å². The summed E-state index contributed by atoms with van der Waals surface area (Å²) in [5.41, 5.74) is -0.755. The maximum atomic E-state index is 12.0. The standard InChI is InChI=1S/C12H14ClN7O/c1-12(2)8(21)15-4-6-20(12)11-17-9(13)16-10(18-11)19-5-3-14-7-19/h3,5,7H,4,6H2,1-2H3,(H,15,21). The Balaban J connectivity index is 2.04. The first-order chi connectivity index (χ1) is 9.98. The number of rotatable bonds is 2. The van der Waals surface area contributed by atoms with Gasteiger partial charge in [0.25, 0.3) is 0 Å². The predicted octanol–water partition coefficient (Wildman–Crippen LogP) is 0.425. The van der Waals surface area contributed by atoms with Crippen molar-refractivity contribution in [3.63, 3.8) is 0 Å². The number of nitrogens with one attached hydrogen (secondary N) is 1. The first-order valence-corrected chi connectivity index (χ1v) is 6.82. The Bertz CT molecular complexity index is 670. The molecule has 0 aliphatic carbocycles. The van der Waals surface area contributed by atoms with E-state index in [-0.39, 0.29) is 11.2 Å². The van der Waals surface area contributed by atoms with Gasteiger partial charge in [0, 0.05) is 25.5 Å². The van der Waals surface area contributed by atoms with Crippen LogP contribution in [-0.4, -0.2) is 49.0 Å². The van der Waals surface area contributed by atoms with Gasteiger partial charge in [-0.25, -0.2) is 4.98 Å². The zero-order chi connectivity index (χ0) is 15.0. The second kappa shape index (κ2) is 4.96. The number of hydrogen-bond acceptors (Lipinski definition) is 6. The normalized spacial score (nSPS) is 17.7. The molecule has 2 aromatic heterocycles. The number of amides is 1. The molecule has 0 atom stereocenters. The highest BCUT2D eigenvalue weighted by Gasteiger charge is 2.39. The van der Waals surface area contributed by atoms with Crippen LogP contribution in [-0.2, 0) is 4.79 Å². The van der Waals surface area contributed by atoms with Crippen molar-refractivity contribution >= 4 is 23.5 Å². The van der Waals surface area contributed by atoms with Crippen molar-refractivity contribution in [2.45, 2.75) is 19.4 Å². The van der Waals surface area contributed by atoms with Crippen molar-refractivity contribution in [2.75, 3.05) is 18.0 Å². The average Bonchev–Trinajstić information content (AvgIpc) is 2.95. The molecule has 0 radical (unpaired) electrons. The number of nitrogens with zero attached hydrogens (tertiary/aromatic N) is 6. The molecule has 0 saturated carbocycles. The highest BCUT2D eigenvalue weighted by Crippen LogP contribution is 2.24. The van der Waals surface area contributed by atoms with E-state index in [1.807, 2.05) is 18.7 Å². The first kappa shape index (κ1) is 13.7. The second-order valence-electron chi connectivity index (χ2n) is 5.14. The van der Waals surface area contributed by atoms with Crippen molar-refractivity contribution in [1.29, 1.82) is 0 Å². The second-order valence-corrected chi connectivity index (χ2v) is 5.48. The highest BCUT2D eigenvalue weighted by atomic mass is 35.5. The van der Waals surface area contributed by atoms with E-state index in [1.165, 1.54) is 0 Å². The van der Waals surface area contributed by atoms with Gasteiger partial charge < -0.3 is 10.2 Å². The molecule has 2 aromatic rings. The summed E-state index contributed by atoms with van der Waals surface area (Å²) in [6, 6.07) is 0. The number of aromatic nitrogens is 5. The molecule has 3 heterocycles. The van der Waals surface area contributed by atoms with Crippen LogP contribution in [0.3, 0.4) is 0 Å². The fourth-order valence-corrected chi connectivity index (χ4v) is 2.34. The molecule has 0 aromatic carbocycles. The van der Waals surface area contributed by atoms with Gasteiger partial charge in [-0.2, -0.15) is 15.0 Å². The number of imidazole rings is 1. The van der Waals surface area contributed by atoms with E-state index >= 15 is 0 Å². The van der Waals surface area contributed by atoms with Crippen molar-refractivity contribution in [3.05, 3.63) is 24.0 Å². The summed E-state index contributed by atoms with van der Waals surface area (Å²) < 4.78 is 1.63. The Morgan fingerprint density at radius 2 is 2.05 bits per heavy atom. The van der Waals surface area contributed by atoms with Gasteiger partial charge in [-0.1, -0.05) is 0 Å². The SMILES string of the molecule is CC1(C)C(=O)NCCN1c1nc(Cl)nc(-n2ccnc2)n1. The lowest BCUT2D eigenvalue weighted by Crippen LogP contribution is -2.62. The summed E-state index contributed by atoms with van der Waals surface area (Å²) >= 11 is 5.99. The molecule has 0 unspecified atom stereocenters. The molecule has 110 valence electrons. The Morgan fingerprint density at radius 3 is 2.76 bits per heavy atom. The van der Waals surface area contributed by atoms with E-state index in [1.54, 1.807) is 23.3 Å². The van der Waals surface area contributed by atoms with Crippen molar-refractivity contribution in [1.82, 2.24) is 29.8 Å². The first-order valence-electron chi connectivity index (χ1n) is 6.44. The highest BCUT2D eigenvalue weighted by molar-refractivity contribution is 6.28. The molecule has 9 heteroatoms. The maximum Gasteiger partial charge on any atom is 0.245 e. The van der Waals surface area contributed by atoms with Crippen LogP contribution in [0.15, 0.2) is 18.7 Å². The monoisotopic (exact) mass is 307 g/mol. The Labute approximate surface area is 126 Å². The van der Waals surface area contributed by atoms with E-state index in [0.29, 0.717) is 25.0 Å². The lowest BCUT2D eigenvalue weighted by molar-refractivity contribution is -0.126. The van der Waals surface area contributed by atoms with Gasteiger partial charge in [0.15, 0.2) is 0 Å². The Hall–Kier alpha value is -2.22. The fourth-order valence-electron chi connectivity index (χ4n) is 2.19. The van der Waals surface area contributed by atoms with Crippen LogP contribution >= 0.6 is 11.6 Å². The zero-order valence-electron chi connectivity index (χ0n) is 11.6. The molecule has 8 nitrogen and oxygen atoms in total. The molecular weight excluding hydrogens is 294 g/mol. The number of anilines is 1. The summed E-state index contributed by atoms with van der Waals surface area (Å²) in [7, 11) is 0. The average molecular weight is 308 g/mol. The van der Waals surface area contributed by atoms with Gasteiger partial charge in [-0.3, -0.25) is 9.36 Å². The molecule has 0 bridgehead atoms. The summed E-state index contributed by atoms with van der Waals surface area (Å²) in [6.45, 7) is 4.76. The van der Waals surface area contributed by atoms with Gasteiger partial charge in [-0.05, 0) is 25.4 Å². The lowest BCUT2D eigenvalue weighted by Gasteiger charge is -2.41. The molecule has 1 N–H and O–H groups in total. The summed E-state index contributed by atoms with van der Waals surface area (Å²) in [4.78, 5) is 30.4. The number of carbonyl (C=O) groups is 1. The van der Waals surface area contributed by atoms with E-state index < -0.39 is 5.54 Å². The quantitative estimate of drug-likeness (QED) is 0.865. The predicted molar refractivity (Wildman–Crippen MR) is 76.4 cm³/mol. The van der Waals surface area contributed by atoms with Crippen LogP contribution in [0, 0.1) is 0 Å². The summed E-state index contributed by atoms with van der Waals surface area (Å²) in [5, 5.41) is 2.90. The van der Waals surface area contributed by atoms with Gasteiger partial charge in [-0.15, -0.1) is 0 Å². The van der Waals surface area contributed by atoms with Crippen LogP contribution in [0.5, 0.6) is 0 Å². The molecule has 1 saturated heterocycles. The Morgan fingerprint density at radius 1 is 1.29 bits per heavy atom. The van der Waals surface area contributed by atoms with Crippen molar-refractivity contribution < 1.29 is 4.79 Å². The van der Waals surface area contributed by atoms with Crippen LogP contribution < -0.4 is 10.2 Å². The molecule has 1 fully saturated rings. The van der Waals surface area contributed by atoms with Gasteiger partial charge >= 0.3 is 0 Å². The largest absolute Gasteiger partial charge is 0.352 e. The molecule has 1 aliphatic rings. The minimum Gasteiger partial charge on any atom is -0.352 e. The van der Waals surface area contributed by atoms with Gasteiger partial charge in [0.05, 0.1) is 0 Å². The third-order valence-electron chi connectivity index (χ3n) is 3.41. The molecule has 1 aliphatic heterocycles. The van der Waals surface area contributed by atoms with Crippen LogP contribution in [0.25, 0.3) is 5.95 Å². The van der Waals surface area contributed by atoms with E-state index in [0.717, 1.165) is 0 Å². The molecule has 3 rings (SSSR count). The molecule has 0 spiro atoms. The van der Waals surface area contributed by atoms with E-state index in [4.69, 9.17) is 11.6 Å². The maximum absolute atomic E-state index is 12.0. The van der Waals surface area contributed by atoms with Gasteiger partial charge in [0.1, 0.15) is 11.9 Å². The van der Waals surface area contributed by atoms with Crippen LogP contribution in [0.4, 0.5) is 5.95 Å². The number of halogens is 1. The van der Waals surface area contributed by atoms with E-state index in [2.05, 4.69) is 25.3 Å². The number of carbonyl (C=O) groups excluding carboxylic acids is 1. The summed E-state index contributed by atoms with van der Waals surface area (Å²) in [6.07, 6.45) is 4.91. The van der Waals surface area contributed by atoms with Crippen molar-refractivity contribution in [2.24, 2.45) is 0 Å². The van der Waals surface area contributed by atoms with E-state index in [9.17, 15) is 4.79 Å². The lowest BCUT2D eigenvalue weighted by atomic mass is 10.00. The zero-order valence-corrected chi connectivity index (χ0v) is 12.4. The topological polar surface area (TPSA) is 88.8 Å². The minimum atomic E-state index is -0.755. The molecular formula is C12H14ClN7O. The van der Waals surface area contributed by atoms with Crippen molar-refractivity contribution in [3.8, 4) is 5.95 Å². The van der Waals surface area contributed by atoms with Crippen LogP contribution in [0.1, 0.15) is 13.8 Å². The smallest absolute Gasteiger partial charge is 0.245 e. The fraction of sp³-hybridized carbons (Fsp3) is 0.417. The summed E-state index contributed by atoms with van der Waals surface area (Å²) in [5.74, 6) is 0.664. The Kier molecular flexibility index (Phi) is 3.25. The number of piperazine rings is 1. The van der Waals surface area contributed by atoms with Crippen LogP contribution in [0.2, 0.25) is 5.28 Å². The molecule has 21 heavy (non-hydrogen) atoms. The number of hydrogen-bond donors (Lipinski definition) is 1. The minimum absolute atomic E-state index is 0.0745. The third kappa shape index (κ3) is 2.42. The third-order valence-corrected chi connectivity index (χ3v) is 3.58. The molecule has 1 amide bonds.